The summed E-state index contributed by atoms with van der Waals surface area (Å²) in [7, 11) is 3.84. The lowest BCUT2D eigenvalue weighted by Crippen LogP contribution is -2.32. The number of nitrogens with one attached hydrogen (secondary N) is 3. The fraction of sp³-hybridized carbons (Fsp3) is 0.107. The molecule has 4 rings (SSSR count). The van der Waals surface area contributed by atoms with Crippen molar-refractivity contribution in [1.29, 1.82) is 0 Å². The van der Waals surface area contributed by atoms with E-state index < -0.39 is 16.7 Å². The molecule has 1 heterocycles. The molecule has 10 heteroatoms. The molecule has 3 N–H and O–H groups in total. The van der Waals surface area contributed by atoms with Gasteiger partial charge in [-0.05, 0) is 48.9 Å². The molecule has 3 aromatic carbocycles. The second-order valence-corrected chi connectivity index (χ2v) is 8.71. The number of fused-ring (bicyclic) bond motifs is 1. The first-order valence-electron chi connectivity index (χ1n) is 11.7. The average molecular weight is 511 g/mol. The van der Waals surface area contributed by atoms with E-state index in [1.807, 2.05) is 74.4 Å². The molecule has 0 spiro atoms. The predicted molar refractivity (Wildman–Crippen MR) is 148 cm³/mol. The highest BCUT2D eigenvalue weighted by Crippen LogP contribution is 2.20. The Morgan fingerprint density at radius 1 is 1.00 bits per heavy atom. The Hall–Kier alpha value is -5.25. The van der Waals surface area contributed by atoms with E-state index in [1.165, 1.54) is 30.3 Å². The quantitative estimate of drug-likeness (QED) is 0.140. The fourth-order valence-electron chi connectivity index (χ4n) is 3.80. The summed E-state index contributed by atoms with van der Waals surface area (Å²) in [6.45, 7) is 1.91. The summed E-state index contributed by atoms with van der Waals surface area (Å²) in [5.74, 6) is -1.23. The molecule has 192 valence electrons. The first kappa shape index (κ1) is 25.8. The van der Waals surface area contributed by atoms with Gasteiger partial charge >= 0.3 is 0 Å². The van der Waals surface area contributed by atoms with Gasteiger partial charge in [0.1, 0.15) is 5.70 Å². The van der Waals surface area contributed by atoms with E-state index in [9.17, 15) is 19.7 Å². The van der Waals surface area contributed by atoms with E-state index in [0.29, 0.717) is 5.56 Å². The van der Waals surface area contributed by atoms with Gasteiger partial charge in [0.15, 0.2) is 0 Å². The van der Waals surface area contributed by atoms with Crippen molar-refractivity contribution in [2.24, 2.45) is 5.10 Å². The number of para-hydroxylation sites is 1. The lowest BCUT2D eigenvalue weighted by Gasteiger charge is -2.12. The van der Waals surface area contributed by atoms with Crippen molar-refractivity contribution in [2.45, 2.75) is 6.92 Å². The Morgan fingerprint density at radius 3 is 2.34 bits per heavy atom. The van der Waals surface area contributed by atoms with Crippen LogP contribution in [0, 0.1) is 17.0 Å². The van der Waals surface area contributed by atoms with Crippen molar-refractivity contribution < 1.29 is 14.5 Å². The van der Waals surface area contributed by atoms with Gasteiger partial charge in [-0.2, -0.15) is 5.10 Å². The van der Waals surface area contributed by atoms with E-state index in [1.54, 1.807) is 6.21 Å². The first-order valence-corrected chi connectivity index (χ1v) is 11.7. The normalized spacial score (nSPS) is 11.5. The molecule has 38 heavy (non-hydrogen) atoms. The van der Waals surface area contributed by atoms with Crippen molar-refractivity contribution in [3.63, 3.8) is 0 Å². The number of hydrogen-bond acceptors (Lipinski definition) is 6. The highest BCUT2D eigenvalue weighted by molar-refractivity contribution is 6.06. The van der Waals surface area contributed by atoms with Crippen LogP contribution in [-0.2, 0) is 4.79 Å². The number of non-ortho nitro benzene ring substituents is 1. The van der Waals surface area contributed by atoms with Crippen LogP contribution in [0.1, 0.15) is 27.2 Å². The number of rotatable bonds is 8. The van der Waals surface area contributed by atoms with Gasteiger partial charge in [-0.3, -0.25) is 19.7 Å². The van der Waals surface area contributed by atoms with E-state index in [0.717, 1.165) is 27.8 Å². The monoisotopic (exact) mass is 510 g/mol. The zero-order chi connectivity index (χ0) is 27.2. The van der Waals surface area contributed by atoms with Gasteiger partial charge in [0.25, 0.3) is 17.5 Å². The molecule has 0 saturated carbocycles. The van der Waals surface area contributed by atoms with E-state index in [4.69, 9.17) is 0 Å². The Balaban J connectivity index is 1.58. The summed E-state index contributed by atoms with van der Waals surface area (Å²) in [4.78, 5) is 41.6. The van der Waals surface area contributed by atoms with Crippen LogP contribution >= 0.6 is 0 Å². The Kier molecular flexibility index (Phi) is 7.62. The van der Waals surface area contributed by atoms with Crippen LogP contribution in [0.15, 0.2) is 83.6 Å². The maximum atomic E-state index is 13.1. The third-order valence-electron chi connectivity index (χ3n) is 5.86. The highest BCUT2D eigenvalue weighted by atomic mass is 16.6. The molecular formula is C28H26N6O4. The van der Waals surface area contributed by atoms with Gasteiger partial charge in [-0.1, -0.05) is 30.3 Å². The van der Waals surface area contributed by atoms with Gasteiger partial charge in [-0.15, -0.1) is 0 Å². The SMILES string of the molecule is Cc1[nH]c2ccccc2c1/C=N\NC(=O)/C(=C\c1ccc(N(C)C)cc1)NC(=O)c1ccc([N+](=O)[O-])cc1. The molecule has 0 radical (unpaired) electrons. The molecule has 1 aromatic heterocycles. The van der Waals surface area contributed by atoms with Gasteiger partial charge in [0, 0.05) is 59.6 Å². The molecule has 0 aliphatic rings. The summed E-state index contributed by atoms with van der Waals surface area (Å²) in [6.07, 6.45) is 3.08. The van der Waals surface area contributed by atoms with Crippen LogP contribution in [0.4, 0.5) is 11.4 Å². The van der Waals surface area contributed by atoms with E-state index in [-0.39, 0.29) is 16.9 Å². The molecule has 0 atom stereocenters. The van der Waals surface area contributed by atoms with Crippen LogP contribution in [0.3, 0.4) is 0 Å². The molecule has 2 amide bonds. The number of carbonyl (C=O) groups excluding carboxylic acids is 2. The largest absolute Gasteiger partial charge is 0.378 e. The molecule has 4 aromatic rings. The number of nitro benzene ring substituents is 1. The number of benzene rings is 3. The van der Waals surface area contributed by atoms with Gasteiger partial charge in [-0.25, -0.2) is 5.43 Å². The molecule has 10 nitrogen and oxygen atoms in total. The zero-order valence-corrected chi connectivity index (χ0v) is 21.1. The van der Waals surface area contributed by atoms with Crippen LogP contribution < -0.4 is 15.6 Å². The van der Waals surface area contributed by atoms with Crippen LogP contribution in [-0.4, -0.2) is 42.0 Å². The Morgan fingerprint density at radius 2 is 1.68 bits per heavy atom. The van der Waals surface area contributed by atoms with Crippen LogP contribution in [0.2, 0.25) is 0 Å². The van der Waals surface area contributed by atoms with Gasteiger partial charge in [0.05, 0.1) is 11.1 Å². The summed E-state index contributed by atoms with van der Waals surface area (Å²) >= 11 is 0. The highest BCUT2D eigenvalue weighted by Gasteiger charge is 2.16. The van der Waals surface area contributed by atoms with Crippen molar-refractivity contribution in [3.05, 3.63) is 111 Å². The minimum absolute atomic E-state index is 0.0428. The second kappa shape index (κ2) is 11.2. The van der Waals surface area contributed by atoms with Crippen molar-refractivity contribution in [2.75, 3.05) is 19.0 Å². The van der Waals surface area contributed by atoms with Crippen LogP contribution in [0.5, 0.6) is 0 Å². The van der Waals surface area contributed by atoms with Gasteiger partial charge in [0.2, 0.25) is 0 Å². The summed E-state index contributed by atoms with van der Waals surface area (Å²) in [5.41, 5.74) is 6.80. The summed E-state index contributed by atoms with van der Waals surface area (Å²) < 4.78 is 0. The standard InChI is InChI=1S/C28H26N6O4/c1-18-24(23-6-4-5-7-25(23)30-18)17-29-32-28(36)26(16-19-8-12-21(13-9-19)33(2)3)31-27(35)20-10-14-22(15-11-20)34(37)38/h4-17,30H,1-3H3,(H,31,35)(H,32,36)/b26-16+,29-17-. The first-order chi connectivity index (χ1) is 18.2. The number of nitro groups is 1. The smallest absolute Gasteiger partial charge is 0.287 e. The van der Waals surface area contributed by atoms with Crippen molar-refractivity contribution in [3.8, 4) is 0 Å². The van der Waals surface area contributed by atoms with Crippen molar-refractivity contribution >= 4 is 46.4 Å². The number of amides is 2. The molecule has 0 bridgehead atoms. The number of aromatic nitrogens is 1. The summed E-state index contributed by atoms with van der Waals surface area (Å²) in [5, 5.41) is 18.6. The Bertz CT molecular complexity index is 1550. The minimum Gasteiger partial charge on any atom is -0.378 e. The molecule has 0 saturated heterocycles. The lowest BCUT2D eigenvalue weighted by molar-refractivity contribution is -0.384. The number of anilines is 1. The van der Waals surface area contributed by atoms with Crippen LogP contribution in [0.25, 0.3) is 17.0 Å². The molecule has 0 fully saturated rings. The number of carbonyl (C=O) groups is 2. The third-order valence-corrected chi connectivity index (χ3v) is 5.86. The van der Waals surface area contributed by atoms with Crippen molar-refractivity contribution in [1.82, 2.24) is 15.7 Å². The van der Waals surface area contributed by atoms with Gasteiger partial charge < -0.3 is 15.2 Å². The van der Waals surface area contributed by atoms with E-state index in [2.05, 4.69) is 20.8 Å². The minimum atomic E-state index is -0.634. The third kappa shape index (κ3) is 5.93. The average Bonchev–Trinajstić information content (AvgIpc) is 3.23. The number of aryl methyl sites for hydroxylation is 1. The number of hydrogen-bond donors (Lipinski definition) is 3. The molecular weight excluding hydrogens is 484 g/mol. The number of hydrazone groups is 1. The summed E-state index contributed by atoms with van der Waals surface area (Å²) in [6, 6.07) is 20.3. The van der Waals surface area contributed by atoms with E-state index >= 15 is 0 Å². The topological polar surface area (TPSA) is 133 Å². The molecule has 0 aliphatic heterocycles. The number of H-pyrrole nitrogens is 1. The molecule has 0 unspecified atom stereocenters. The maximum absolute atomic E-state index is 13.1. The maximum Gasteiger partial charge on any atom is 0.287 e. The fourth-order valence-corrected chi connectivity index (χ4v) is 3.80. The predicted octanol–water partition coefficient (Wildman–Crippen LogP) is 4.37. The number of aromatic amines is 1. The number of nitrogens with zero attached hydrogens (tertiary/aromatic N) is 3. The Labute approximate surface area is 218 Å². The zero-order valence-electron chi connectivity index (χ0n) is 21.1. The lowest BCUT2D eigenvalue weighted by atomic mass is 10.1. The molecule has 0 aliphatic carbocycles. The second-order valence-electron chi connectivity index (χ2n) is 8.71.